The van der Waals surface area contributed by atoms with E-state index in [-0.39, 0.29) is 24.3 Å². The molecule has 0 saturated heterocycles. The van der Waals surface area contributed by atoms with Crippen molar-refractivity contribution in [2.75, 3.05) is 7.05 Å². The minimum atomic E-state index is -1.05. The van der Waals surface area contributed by atoms with Gasteiger partial charge in [-0.25, -0.2) is 4.79 Å². The number of aliphatic carboxylic acids is 1. The molecule has 0 aromatic heterocycles. The van der Waals surface area contributed by atoms with Crippen LogP contribution in [0.5, 0.6) is 0 Å². The first kappa shape index (κ1) is 20.3. The maximum atomic E-state index is 13.5. The fraction of sp³-hybridized carbons (Fsp3) is 0.571. The Bertz CT molecular complexity index is 745. The lowest BCUT2D eigenvalue weighted by molar-refractivity contribution is -0.152. The Morgan fingerprint density at radius 1 is 1.14 bits per heavy atom. The zero-order valence-electron chi connectivity index (χ0n) is 16.5. The predicted molar refractivity (Wildman–Crippen MR) is 104 cm³/mol. The summed E-state index contributed by atoms with van der Waals surface area (Å²) in [6.07, 6.45) is 4.90. The van der Waals surface area contributed by atoms with Crippen molar-refractivity contribution in [1.82, 2.24) is 15.5 Å². The van der Waals surface area contributed by atoms with Gasteiger partial charge in [-0.3, -0.25) is 9.59 Å². The summed E-state index contributed by atoms with van der Waals surface area (Å²) in [7, 11) is 1.69. The van der Waals surface area contributed by atoms with Gasteiger partial charge in [-0.2, -0.15) is 0 Å². The van der Waals surface area contributed by atoms with Crippen LogP contribution in [0.2, 0.25) is 0 Å². The summed E-state index contributed by atoms with van der Waals surface area (Å²) in [6.45, 7) is 2.00. The van der Waals surface area contributed by atoms with Crippen molar-refractivity contribution in [3.63, 3.8) is 0 Å². The first-order chi connectivity index (χ1) is 13.4. The fourth-order valence-electron chi connectivity index (χ4n) is 4.30. The summed E-state index contributed by atoms with van der Waals surface area (Å²) in [5, 5.41) is 15.6. The molecule has 3 N–H and O–H groups in total. The number of fused-ring (bicyclic) bond motifs is 1. The minimum absolute atomic E-state index is 0.0346. The average molecular weight is 387 g/mol. The number of benzene rings is 1. The largest absolute Gasteiger partial charge is 0.479 e. The number of carboxylic acid groups (broad SMARTS) is 1. The monoisotopic (exact) mass is 387 g/mol. The number of nitrogens with zero attached hydrogens (tertiary/aromatic N) is 1. The van der Waals surface area contributed by atoms with Gasteiger partial charge >= 0.3 is 5.97 Å². The van der Waals surface area contributed by atoms with Gasteiger partial charge in [-0.1, -0.05) is 43.5 Å². The number of carboxylic acids is 1. The van der Waals surface area contributed by atoms with Crippen LogP contribution in [0.25, 0.3) is 0 Å². The van der Waals surface area contributed by atoms with Crippen LogP contribution in [0.1, 0.15) is 56.2 Å². The van der Waals surface area contributed by atoms with Crippen molar-refractivity contribution in [3.8, 4) is 0 Å². The van der Waals surface area contributed by atoms with E-state index in [0.29, 0.717) is 5.56 Å². The third kappa shape index (κ3) is 4.04. The van der Waals surface area contributed by atoms with Crippen LogP contribution in [0, 0.1) is 5.92 Å². The molecule has 1 aromatic rings. The van der Waals surface area contributed by atoms with E-state index in [1.165, 1.54) is 4.90 Å². The highest BCUT2D eigenvalue weighted by atomic mass is 16.4. The number of hydrogen-bond donors (Lipinski definition) is 3. The van der Waals surface area contributed by atoms with Crippen molar-refractivity contribution in [1.29, 1.82) is 0 Å². The van der Waals surface area contributed by atoms with Crippen molar-refractivity contribution in [2.45, 2.75) is 63.7 Å². The normalized spacial score (nSPS) is 21.6. The number of carbonyl (C=O) groups excluding carboxylic acids is 2. The molecule has 7 heteroatoms. The van der Waals surface area contributed by atoms with Gasteiger partial charge in [0.15, 0.2) is 6.04 Å². The Kier molecular flexibility index (Phi) is 6.34. The minimum Gasteiger partial charge on any atom is -0.479 e. The van der Waals surface area contributed by atoms with Crippen molar-refractivity contribution < 1.29 is 19.5 Å². The van der Waals surface area contributed by atoms with E-state index in [9.17, 15) is 19.5 Å². The van der Waals surface area contributed by atoms with Crippen molar-refractivity contribution in [3.05, 3.63) is 35.4 Å². The average Bonchev–Trinajstić information content (AvgIpc) is 3.11. The van der Waals surface area contributed by atoms with Crippen LogP contribution in [0.3, 0.4) is 0 Å². The number of likely N-dealkylation sites (N-methyl/N-ethyl adjacent to an activating group) is 1. The highest BCUT2D eigenvalue weighted by molar-refractivity contribution is 5.93. The van der Waals surface area contributed by atoms with E-state index >= 15 is 0 Å². The molecular weight excluding hydrogens is 358 g/mol. The van der Waals surface area contributed by atoms with E-state index in [0.717, 1.165) is 37.7 Å². The lowest BCUT2D eigenvalue weighted by Crippen LogP contribution is -2.55. The van der Waals surface area contributed by atoms with Gasteiger partial charge in [0.1, 0.15) is 6.04 Å². The quantitative estimate of drug-likeness (QED) is 0.692. The molecule has 2 unspecified atom stereocenters. The number of carbonyl (C=O) groups is 3. The van der Waals surface area contributed by atoms with Crippen LogP contribution in [0.15, 0.2) is 24.3 Å². The molecule has 3 atom stereocenters. The van der Waals surface area contributed by atoms with Gasteiger partial charge in [-0.15, -0.1) is 0 Å². The Labute approximate surface area is 165 Å². The second-order valence-electron chi connectivity index (χ2n) is 7.80. The SMILES string of the molecule is CNC(C)C(=O)NC(C(=O)N1Cc2ccccc2[C@H]1C(=O)O)C1CCCCC1. The van der Waals surface area contributed by atoms with E-state index in [1.807, 2.05) is 12.1 Å². The highest BCUT2D eigenvalue weighted by Gasteiger charge is 2.43. The molecule has 28 heavy (non-hydrogen) atoms. The molecule has 2 amide bonds. The second kappa shape index (κ2) is 8.73. The summed E-state index contributed by atoms with van der Waals surface area (Å²) < 4.78 is 0. The molecule has 1 aromatic carbocycles. The number of amides is 2. The standard InChI is InChI=1S/C21H29N3O4/c1-13(22-2)19(25)23-17(14-8-4-3-5-9-14)20(26)24-12-15-10-6-7-11-16(15)18(24)21(27)28/h6-7,10-11,13-14,17-18,22H,3-5,8-9,12H2,1-2H3,(H,23,25)(H,27,28)/t13?,17?,18-/m0/s1. The van der Waals surface area contributed by atoms with Crippen LogP contribution < -0.4 is 10.6 Å². The van der Waals surface area contributed by atoms with E-state index in [1.54, 1.807) is 26.1 Å². The fourth-order valence-corrected chi connectivity index (χ4v) is 4.30. The van der Waals surface area contributed by atoms with Gasteiger partial charge in [0.05, 0.1) is 6.04 Å². The summed E-state index contributed by atoms with van der Waals surface area (Å²) in [5.41, 5.74) is 1.50. The third-order valence-corrected chi connectivity index (χ3v) is 6.03. The number of nitrogens with one attached hydrogen (secondary N) is 2. The molecule has 1 fully saturated rings. The van der Waals surface area contributed by atoms with Gasteiger partial charge in [-0.05, 0) is 43.9 Å². The molecule has 0 radical (unpaired) electrons. The topological polar surface area (TPSA) is 98.7 Å². The maximum absolute atomic E-state index is 13.5. The lowest BCUT2D eigenvalue weighted by Gasteiger charge is -2.34. The second-order valence-corrected chi connectivity index (χ2v) is 7.80. The Hall–Kier alpha value is -2.41. The molecule has 2 aliphatic rings. The Balaban J connectivity index is 1.87. The van der Waals surface area contributed by atoms with Crippen molar-refractivity contribution >= 4 is 17.8 Å². The van der Waals surface area contributed by atoms with Crippen LogP contribution in [0.4, 0.5) is 0 Å². The summed E-state index contributed by atoms with van der Waals surface area (Å²) in [4.78, 5) is 39.4. The maximum Gasteiger partial charge on any atom is 0.331 e. The molecule has 7 nitrogen and oxygen atoms in total. The molecule has 1 aliphatic heterocycles. The van der Waals surface area contributed by atoms with Gasteiger partial charge < -0.3 is 20.6 Å². The molecule has 0 spiro atoms. The van der Waals surface area contributed by atoms with Gasteiger partial charge in [0.2, 0.25) is 11.8 Å². The van der Waals surface area contributed by atoms with Crippen LogP contribution in [-0.4, -0.2) is 46.9 Å². The summed E-state index contributed by atoms with van der Waals surface area (Å²) in [5.74, 6) is -1.55. The number of hydrogen-bond acceptors (Lipinski definition) is 4. The Morgan fingerprint density at radius 2 is 1.82 bits per heavy atom. The van der Waals surface area contributed by atoms with Gasteiger partial charge in [0.25, 0.3) is 0 Å². The third-order valence-electron chi connectivity index (χ3n) is 6.03. The molecule has 1 heterocycles. The zero-order valence-corrected chi connectivity index (χ0v) is 16.5. The molecule has 3 rings (SSSR count). The Morgan fingerprint density at radius 3 is 2.46 bits per heavy atom. The van der Waals surface area contributed by atoms with Gasteiger partial charge in [0, 0.05) is 6.54 Å². The van der Waals surface area contributed by atoms with Crippen molar-refractivity contribution in [2.24, 2.45) is 5.92 Å². The van der Waals surface area contributed by atoms with E-state index < -0.39 is 24.1 Å². The molecular formula is C21H29N3O4. The van der Waals surface area contributed by atoms with Crippen LogP contribution >= 0.6 is 0 Å². The molecule has 152 valence electrons. The summed E-state index contributed by atoms with van der Waals surface area (Å²) >= 11 is 0. The summed E-state index contributed by atoms with van der Waals surface area (Å²) in [6, 6.07) is 5.13. The zero-order chi connectivity index (χ0) is 20.3. The van der Waals surface area contributed by atoms with Crippen LogP contribution in [-0.2, 0) is 20.9 Å². The van der Waals surface area contributed by atoms with E-state index in [2.05, 4.69) is 10.6 Å². The highest BCUT2D eigenvalue weighted by Crippen LogP contribution is 2.36. The molecule has 1 saturated carbocycles. The first-order valence-corrected chi connectivity index (χ1v) is 10.0. The first-order valence-electron chi connectivity index (χ1n) is 10.0. The predicted octanol–water partition coefficient (Wildman–Crippen LogP) is 1.83. The molecule has 0 bridgehead atoms. The molecule has 1 aliphatic carbocycles. The van der Waals surface area contributed by atoms with E-state index in [4.69, 9.17) is 0 Å². The smallest absolute Gasteiger partial charge is 0.331 e. The lowest BCUT2D eigenvalue weighted by atomic mass is 9.83. The number of rotatable bonds is 6.